The smallest absolute Gasteiger partial charge is 0.305 e. The minimum atomic E-state index is -0.865. The van der Waals surface area contributed by atoms with E-state index in [4.69, 9.17) is 5.11 Å². The van der Waals surface area contributed by atoms with E-state index in [1.54, 1.807) is 7.05 Å². The standard InChI is InChI=1S/C16H21NO3/c1-17(9-8-16(19)20)15(18)11-12-6-7-13-4-2-3-5-14(13)10-12/h2-5,12H,6-11H2,1H3,(H,19,20). The molecule has 1 aliphatic carbocycles. The maximum Gasteiger partial charge on any atom is 0.305 e. The predicted octanol–water partition coefficient (Wildman–Crippen LogP) is 2.11. The molecule has 0 heterocycles. The summed E-state index contributed by atoms with van der Waals surface area (Å²) in [6.45, 7) is 0.289. The van der Waals surface area contributed by atoms with Crippen LogP contribution in [0, 0.1) is 5.92 Å². The molecular weight excluding hydrogens is 254 g/mol. The van der Waals surface area contributed by atoms with E-state index in [0.29, 0.717) is 12.3 Å². The molecule has 4 heteroatoms. The SMILES string of the molecule is CN(CCC(=O)O)C(=O)CC1CCc2ccccc2C1. The van der Waals surface area contributed by atoms with Gasteiger partial charge in [-0.05, 0) is 36.3 Å². The zero-order valence-corrected chi connectivity index (χ0v) is 11.8. The second-order valence-electron chi connectivity index (χ2n) is 5.54. The normalized spacial score (nSPS) is 17.4. The summed E-state index contributed by atoms with van der Waals surface area (Å²) in [7, 11) is 1.68. The van der Waals surface area contributed by atoms with Crippen LogP contribution >= 0.6 is 0 Å². The Balaban J connectivity index is 1.85. The molecule has 0 fully saturated rings. The van der Waals surface area contributed by atoms with E-state index in [0.717, 1.165) is 19.3 Å². The number of aliphatic carboxylic acids is 1. The molecule has 1 aromatic carbocycles. The van der Waals surface area contributed by atoms with Crippen molar-refractivity contribution in [2.75, 3.05) is 13.6 Å². The van der Waals surface area contributed by atoms with Gasteiger partial charge in [0, 0.05) is 20.0 Å². The minimum Gasteiger partial charge on any atom is -0.481 e. The highest BCUT2D eigenvalue weighted by Gasteiger charge is 2.22. The molecule has 4 nitrogen and oxygen atoms in total. The van der Waals surface area contributed by atoms with E-state index >= 15 is 0 Å². The van der Waals surface area contributed by atoms with Crippen LogP contribution in [-0.4, -0.2) is 35.5 Å². The second kappa shape index (κ2) is 6.55. The summed E-state index contributed by atoms with van der Waals surface area (Å²) in [5.41, 5.74) is 2.75. The molecule has 1 aromatic rings. The number of rotatable bonds is 5. The van der Waals surface area contributed by atoms with E-state index in [-0.39, 0.29) is 18.9 Å². The molecule has 20 heavy (non-hydrogen) atoms. The Bertz CT molecular complexity index is 498. The van der Waals surface area contributed by atoms with Crippen molar-refractivity contribution in [1.82, 2.24) is 4.90 Å². The average molecular weight is 275 g/mol. The summed E-state index contributed by atoms with van der Waals surface area (Å²) >= 11 is 0. The molecular formula is C16H21NO3. The van der Waals surface area contributed by atoms with Gasteiger partial charge in [-0.1, -0.05) is 24.3 Å². The van der Waals surface area contributed by atoms with Gasteiger partial charge >= 0.3 is 5.97 Å². The third-order valence-corrected chi connectivity index (χ3v) is 4.00. The van der Waals surface area contributed by atoms with Crippen LogP contribution in [0.15, 0.2) is 24.3 Å². The van der Waals surface area contributed by atoms with E-state index in [1.807, 2.05) is 6.07 Å². The number of hydrogen-bond acceptors (Lipinski definition) is 2. The van der Waals surface area contributed by atoms with Crippen molar-refractivity contribution in [3.63, 3.8) is 0 Å². The summed E-state index contributed by atoms with van der Waals surface area (Å²) < 4.78 is 0. The number of carbonyl (C=O) groups excluding carboxylic acids is 1. The van der Waals surface area contributed by atoms with Gasteiger partial charge in [0.1, 0.15) is 0 Å². The lowest BCUT2D eigenvalue weighted by molar-refractivity contribution is -0.138. The van der Waals surface area contributed by atoms with Gasteiger partial charge < -0.3 is 10.0 Å². The van der Waals surface area contributed by atoms with Crippen LogP contribution in [-0.2, 0) is 22.4 Å². The van der Waals surface area contributed by atoms with Gasteiger partial charge in [0.05, 0.1) is 6.42 Å². The number of carboxylic acid groups (broad SMARTS) is 1. The lowest BCUT2D eigenvalue weighted by Crippen LogP contribution is -2.31. The van der Waals surface area contributed by atoms with Crippen molar-refractivity contribution < 1.29 is 14.7 Å². The fourth-order valence-electron chi connectivity index (χ4n) is 2.74. The van der Waals surface area contributed by atoms with Crippen molar-refractivity contribution in [1.29, 1.82) is 0 Å². The van der Waals surface area contributed by atoms with Crippen LogP contribution < -0.4 is 0 Å². The minimum absolute atomic E-state index is 0.00966. The number of carboxylic acids is 1. The molecule has 1 amide bonds. The fraction of sp³-hybridized carbons (Fsp3) is 0.500. The topological polar surface area (TPSA) is 57.6 Å². The van der Waals surface area contributed by atoms with Gasteiger partial charge in [0.15, 0.2) is 0 Å². The molecule has 0 saturated carbocycles. The number of hydrogen-bond donors (Lipinski definition) is 1. The number of aryl methyl sites for hydroxylation is 1. The average Bonchev–Trinajstić information content (AvgIpc) is 2.44. The fourth-order valence-corrected chi connectivity index (χ4v) is 2.74. The van der Waals surface area contributed by atoms with Gasteiger partial charge in [-0.15, -0.1) is 0 Å². The van der Waals surface area contributed by atoms with Gasteiger partial charge in [0.25, 0.3) is 0 Å². The molecule has 1 N–H and O–H groups in total. The molecule has 1 unspecified atom stereocenters. The van der Waals surface area contributed by atoms with E-state index in [2.05, 4.69) is 18.2 Å². The van der Waals surface area contributed by atoms with Crippen LogP contribution in [0.25, 0.3) is 0 Å². The highest BCUT2D eigenvalue weighted by Crippen LogP contribution is 2.27. The number of nitrogens with zero attached hydrogens (tertiary/aromatic N) is 1. The van der Waals surface area contributed by atoms with Crippen LogP contribution in [0.4, 0.5) is 0 Å². The zero-order valence-electron chi connectivity index (χ0n) is 11.8. The molecule has 1 atom stereocenters. The Kier molecular flexibility index (Phi) is 4.77. The first-order valence-corrected chi connectivity index (χ1v) is 7.09. The summed E-state index contributed by atoms with van der Waals surface area (Å²) in [4.78, 5) is 24.1. The highest BCUT2D eigenvalue weighted by molar-refractivity contribution is 5.77. The van der Waals surface area contributed by atoms with E-state index in [9.17, 15) is 9.59 Å². The Morgan fingerprint density at radius 3 is 2.70 bits per heavy atom. The van der Waals surface area contributed by atoms with Gasteiger partial charge in [-0.3, -0.25) is 9.59 Å². The van der Waals surface area contributed by atoms with E-state index in [1.165, 1.54) is 16.0 Å². The largest absolute Gasteiger partial charge is 0.481 e. The molecule has 0 aliphatic heterocycles. The number of carbonyl (C=O) groups is 2. The Morgan fingerprint density at radius 1 is 1.30 bits per heavy atom. The lowest BCUT2D eigenvalue weighted by Gasteiger charge is -2.26. The molecule has 0 saturated heterocycles. The quantitative estimate of drug-likeness (QED) is 0.895. The first-order valence-electron chi connectivity index (χ1n) is 7.09. The van der Waals surface area contributed by atoms with Crippen molar-refractivity contribution in [2.45, 2.75) is 32.1 Å². The highest BCUT2D eigenvalue weighted by atomic mass is 16.4. The number of amides is 1. The predicted molar refractivity (Wildman–Crippen MR) is 76.5 cm³/mol. The van der Waals surface area contributed by atoms with Crippen molar-refractivity contribution in [2.24, 2.45) is 5.92 Å². The Hall–Kier alpha value is -1.84. The first kappa shape index (κ1) is 14.6. The lowest BCUT2D eigenvalue weighted by atomic mass is 9.82. The maximum atomic E-state index is 12.1. The molecule has 108 valence electrons. The van der Waals surface area contributed by atoms with Gasteiger partial charge in [-0.2, -0.15) is 0 Å². The Labute approximate surface area is 119 Å². The third kappa shape index (κ3) is 3.83. The zero-order chi connectivity index (χ0) is 14.5. The maximum absolute atomic E-state index is 12.1. The van der Waals surface area contributed by atoms with Crippen LogP contribution in [0.5, 0.6) is 0 Å². The summed E-state index contributed by atoms with van der Waals surface area (Å²) in [5, 5.41) is 8.64. The van der Waals surface area contributed by atoms with Crippen LogP contribution in [0.2, 0.25) is 0 Å². The number of benzene rings is 1. The van der Waals surface area contributed by atoms with Crippen LogP contribution in [0.1, 0.15) is 30.4 Å². The monoisotopic (exact) mass is 275 g/mol. The number of fused-ring (bicyclic) bond motifs is 1. The summed E-state index contributed by atoms with van der Waals surface area (Å²) in [5.74, 6) is -0.434. The van der Waals surface area contributed by atoms with E-state index < -0.39 is 5.97 Å². The molecule has 0 spiro atoms. The van der Waals surface area contributed by atoms with Crippen molar-refractivity contribution in [3.8, 4) is 0 Å². The molecule has 0 aromatic heterocycles. The molecule has 2 rings (SSSR count). The second-order valence-corrected chi connectivity index (χ2v) is 5.54. The first-order chi connectivity index (χ1) is 9.56. The molecule has 0 bridgehead atoms. The Morgan fingerprint density at radius 2 is 2.00 bits per heavy atom. The molecule has 1 aliphatic rings. The van der Waals surface area contributed by atoms with Crippen LogP contribution in [0.3, 0.4) is 0 Å². The van der Waals surface area contributed by atoms with Crippen molar-refractivity contribution >= 4 is 11.9 Å². The third-order valence-electron chi connectivity index (χ3n) is 4.00. The summed E-state index contributed by atoms with van der Waals surface area (Å²) in [6, 6.07) is 8.40. The summed E-state index contributed by atoms with van der Waals surface area (Å²) in [6.07, 6.45) is 3.55. The molecule has 0 radical (unpaired) electrons. The van der Waals surface area contributed by atoms with Gasteiger partial charge in [0.2, 0.25) is 5.91 Å². The van der Waals surface area contributed by atoms with Crippen molar-refractivity contribution in [3.05, 3.63) is 35.4 Å². The van der Waals surface area contributed by atoms with Gasteiger partial charge in [-0.25, -0.2) is 0 Å².